The first kappa shape index (κ1) is 16.1. The number of aryl methyl sites for hydroxylation is 1. The number of anilines is 1. The first-order chi connectivity index (χ1) is 9.21. The number of halogens is 2. The molecule has 0 saturated carbocycles. The second-order valence-electron chi connectivity index (χ2n) is 6.76. The van der Waals surface area contributed by atoms with E-state index in [1.165, 1.54) is 5.69 Å². The lowest BCUT2D eigenvalue weighted by molar-refractivity contribution is 0.277. The lowest BCUT2D eigenvalue weighted by atomic mass is 9.92. The molecule has 1 unspecified atom stereocenters. The molecule has 112 valence electrons. The van der Waals surface area contributed by atoms with Gasteiger partial charge in [0.25, 0.3) is 0 Å². The van der Waals surface area contributed by atoms with Crippen molar-refractivity contribution >= 4 is 33.2 Å². The van der Waals surface area contributed by atoms with E-state index in [1.807, 2.05) is 6.92 Å². The fraction of sp³-hybridized carbons (Fsp3) is 0.625. The van der Waals surface area contributed by atoms with E-state index in [2.05, 4.69) is 66.0 Å². The van der Waals surface area contributed by atoms with Gasteiger partial charge < -0.3 is 10.2 Å². The van der Waals surface area contributed by atoms with Crippen molar-refractivity contribution < 1.29 is 0 Å². The van der Waals surface area contributed by atoms with E-state index in [9.17, 15) is 0 Å². The van der Waals surface area contributed by atoms with E-state index in [1.54, 1.807) is 0 Å². The quantitative estimate of drug-likeness (QED) is 0.828. The maximum atomic E-state index is 6.34. The molecule has 4 heteroatoms. The van der Waals surface area contributed by atoms with Crippen LogP contribution in [0.2, 0.25) is 5.02 Å². The normalized spacial score (nSPS) is 22.4. The Labute approximate surface area is 136 Å². The molecule has 1 N–H and O–H groups in total. The number of hydrogen-bond donors (Lipinski definition) is 1. The first-order valence-corrected chi connectivity index (χ1v) is 8.36. The van der Waals surface area contributed by atoms with Gasteiger partial charge in [-0.2, -0.15) is 0 Å². The molecule has 0 amide bonds. The van der Waals surface area contributed by atoms with Crippen molar-refractivity contribution in [2.75, 3.05) is 18.0 Å². The third-order valence-electron chi connectivity index (χ3n) is 4.06. The topological polar surface area (TPSA) is 15.3 Å². The Kier molecular flexibility index (Phi) is 4.73. The van der Waals surface area contributed by atoms with Crippen molar-refractivity contribution in [3.8, 4) is 0 Å². The van der Waals surface area contributed by atoms with Crippen LogP contribution in [0.4, 0.5) is 5.69 Å². The molecule has 2 rings (SSSR count). The molecule has 0 aromatic heterocycles. The average molecular weight is 360 g/mol. The van der Waals surface area contributed by atoms with Crippen LogP contribution >= 0.6 is 27.5 Å². The Balaban J connectivity index is 2.43. The smallest absolute Gasteiger partial charge is 0.0529 e. The van der Waals surface area contributed by atoms with Gasteiger partial charge in [-0.1, -0.05) is 25.4 Å². The molecule has 0 spiro atoms. The van der Waals surface area contributed by atoms with Gasteiger partial charge in [-0.25, -0.2) is 0 Å². The molecule has 1 saturated heterocycles. The van der Waals surface area contributed by atoms with Gasteiger partial charge in [0.1, 0.15) is 0 Å². The van der Waals surface area contributed by atoms with E-state index >= 15 is 0 Å². The molecule has 0 bridgehead atoms. The van der Waals surface area contributed by atoms with Crippen LogP contribution in [0.5, 0.6) is 0 Å². The zero-order chi connectivity index (χ0) is 15.1. The first-order valence-electron chi connectivity index (χ1n) is 7.18. The fourth-order valence-electron chi connectivity index (χ4n) is 2.81. The lowest BCUT2D eigenvalue weighted by Crippen LogP contribution is -2.63. The molecule has 20 heavy (non-hydrogen) atoms. The summed E-state index contributed by atoms with van der Waals surface area (Å²) < 4.78 is 1.13. The minimum Gasteiger partial charge on any atom is -0.364 e. The van der Waals surface area contributed by atoms with Gasteiger partial charge in [0.2, 0.25) is 0 Å². The molecule has 0 aliphatic carbocycles. The van der Waals surface area contributed by atoms with Crippen molar-refractivity contribution in [2.24, 2.45) is 5.92 Å². The molecule has 2 nitrogen and oxygen atoms in total. The molecule has 1 aromatic carbocycles. The van der Waals surface area contributed by atoms with Crippen LogP contribution in [0.15, 0.2) is 16.6 Å². The molecular formula is C16H24BrClN2. The van der Waals surface area contributed by atoms with Crippen LogP contribution in [-0.4, -0.2) is 24.7 Å². The minimum absolute atomic E-state index is 0.113. The van der Waals surface area contributed by atoms with Gasteiger partial charge in [-0.05, 0) is 60.3 Å². The molecule has 1 aromatic rings. The summed E-state index contributed by atoms with van der Waals surface area (Å²) in [6.45, 7) is 13.1. The Bertz CT molecular complexity index is 499. The second-order valence-corrected chi connectivity index (χ2v) is 8.02. The van der Waals surface area contributed by atoms with Crippen molar-refractivity contribution in [1.29, 1.82) is 0 Å². The SMILES string of the molecule is Cc1cc(Br)c(N2CC(C)(C)NCC2C(C)C)cc1Cl. The Hall–Kier alpha value is -0.250. The molecule has 1 atom stereocenters. The van der Waals surface area contributed by atoms with E-state index in [0.29, 0.717) is 12.0 Å². The molecule has 1 aliphatic heterocycles. The van der Waals surface area contributed by atoms with Crippen LogP contribution < -0.4 is 10.2 Å². The predicted molar refractivity (Wildman–Crippen MR) is 91.9 cm³/mol. The summed E-state index contributed by atoms with van der Waals surface area (Å²) in [5.41, 5.74) is 2.43. The van der Waals surface area contributed by atoms with Gasteiger partial charge in [-0.15, -0.1) is 0 Å². The minimum atomic E-state index is 0.113. The predicted octanol–water partition coefficient (Wildman–Crippen LogP) is 4.62. The zero-order valence-corrected chi connectivity index (χ0v) is 15.3. The summed E-state index contributed by atoms with van der Waals surface area (Å²) in [6, 6.07) is 4.69. The summed E-state index contributed by atoms with van der Waals surface area (Å²) in [6.07, 6.45) is 0. The van der Waals surface area contributed by atoms with E-state index in [0.717, 1.165) is 28.1 Å². The third kappa shape index (κ3) is 3.32. The standard InChI is InChI=1S/C16H24BrClN2/c1-10(2)15-8-19-16(4,5)9-20(15)14-7-13(18)11(3)6-12(14)17/h6-7,10,15,19H,8-9H2,1-5H3. The second kappa shape index (κ2) is 5.86. The van der Waals surface area contributed by atoms with Gasteiger partial charge in [0.15, 0.2) is 0 Å². The molecule has 1 aliphatic rings. The average Bonchev–Trinajstić information content (AvgIpc) is 2.32. The fourth-order valence-corrected chi connectivity index (χ4v) is 3.65. The molecule has 1 fully saturated rings. The Morgan fingerprint density at radius 1 is 1.40 bits per heavy atom. The molecule has 0 radical (unpaired) electrons. The number of nitrogens with zero attached hydrogens (tertiary/aromatic N) is 1. The lowest BCUT2D eigenvalue weighted by Gasteiger charge is -2.48. The van der Waals surface area contributed by atoms with Gasteiger partial charge in [-0.3, -0.25) is 0 Å². The summed E-state index contributed by atoms with van der Waals surface area (Å²) in [4.78, 5) is 2.50. The van der Waals surface area contributed by atoms with E-state index < -0.39 is 0 Å². The van der Waals surface area contributed by atoms with Crippen LogP contribution in [0.25, 0.3) is 0 Å². The number of nitrogens with one attached hydrogen (secondary N) is 1. The Morgan fingerprint density at radius 3 is 2.65 bits per heavy atom. The van der Waals surface area contributed by atoms with Crippen molar-refractivity contribution in [3.05, 3.63) is 27.2 Å². The Morgan fingerprint density at radius 2 is 2.05 bits per heavy atom. The number of piperazine rings is 1. The van der Waals surface area contributed by atoms with E-state index in [4.69, 9.17) is 11.6 Å². The number of rotatable bonds is 2. The highest BCUT2D eigenvalue weighted by molar-refractivity contribution is 9.10. The summed E-state index contributed by atoms with van der Waals surface area (Å²) >= 11 is 10.1. The third-order valence-corrected chi connectivity index (χ3v) is 5.11. The van der Waals surface area contributed by atoms with Crippen LogP contribution in [0, 0.1) is 12.8 Å². The maximum absolute atomic E-state index is 6.34. The summed E-state index contributed by atoms with van der Waals surface area (Å²) in [5.74, 6) is 0.588. The molecular weight excluding hydrogens is 336 g/mol. The highest BCUT2D eigenvalue weighted by atomic mass is 79.9. The molecule has 1 heterocycles. The maximum Gasteiger partial charge on any atom is 0.0529 e. The van der Waals surface area contributed by atoms with Crippen LogP contribution in [-0.2, 0) is 0 Å². The highest BCUT2D eigenvalue weighted by Crippen LogP contribution is 2.36. The van der Waals surface area contributed by atoms with Crippen LogP contribution in [0.1, 0.15) is 33.3 Å². The zero-order valence-electron chi connectivity index (χ0n) is 12.9. The van der Waals surface area contributed by atoms with E-state index in [-0.39, 0.29) is 5.54 Å². The van der Waals surface area contributed by atoms with Crippen molar-refractivity contribution in [1.82, 2.24) is 5.32 Å². The number of hydrogen-bond acceptors (Lipinski definition) is 2. The van der Waals surface area contributed by atoms with Gasteiger partial charge in [0.05, 0.1) is 5.69 Å². The summed E-state index contributed by atoms with van der Waals surface area (Å²) in [5, 5.41) is 4.48. The largest absolute Gasteiger partial charge is 0.364 e. The summed E-state index contributed by atoms with van der Waals surface area (Å²) in [7, 11) is 0. The van der Waals surface area contributed by atoms with Crippen molar-refractivity contribution in [3.63, 3.8) is 0 Å². The number of benzene rings is 1. The van der Waals surface area contributed by atoms with Gasteiger partial charge in [0, 0.05) is 34.2 Å². The monoisotopic (exact) mass is 358 g/mol. The van der Waals surface area contributed by atoms with Crippen molar-refractivity contribution in [2.45, 2.75) is 46.2 Å². The van der Waals surface area contributed by atoms with Gasteiger partial charge >= 0.3 is 0 Å². The highest BCUT2D eigenvalue weighted by Gasteiger charge is 2.34. The van der Waals surface area contributed by atoms with Crippen LogP contribution in [0.3, 0.4) is 0 Å².